The van der Waals surface area contributed by atoms with E-state index in [1.54, 1.807) is 32.2 Å². The van der Waals surface area contributed by atoms with Crippen LogP contribution in [0.15, 0.2) is 58.5 Å². The first-order valence-electron chi connectivity index (χ1n) is 12.9. The summed E-state index contributed by atoms with van der Waals surface area (Å²) >= 11 is 1.34. The lowest BCUT2D eigenvalue weighted by Gasteiger charge is -2.37. The van der Waals surface area contributed by atoms with Crippen molar-refractivity contribution in [3.05, 3.63) is 70.0 Å². The number of hydrogen-bond acceptors (Lipinski definition) is 8. The molecule has 2 aromatic carbocycles. The van der Waals surface area contributed by atoms with E-state index in [4.69, 9.17) is 4.74 Å². The lowest BCUT2D eigenvalue weighted by atomic mass is 9.86. The number of nitrogens with one attached hydrogen (secondary N) is 3. The van der Waals surface area contributed by atoms with Crippen LogP contribution in [-0.4, -0.2) is 64.9 Å². The Morgan fingerprint density at radius 1 is 1.15 bits per heavy atom. The molecule has 1 saturated heterocycles. The number of ether oxygens (including phenoxy) is 1. The van der Waals surface area contributed by atoms with Crippen LogP contribution in [0.4, 0.5) is 0 Å². The molecular weight excluding hydrogens is 518 g/mol. The number of amides is 2. The van der Waals surface area contributed by atoms with Crippen LogP contribution in [0.3, 0.4) is 0 Å². The molecule has 0 saturated carbocycles. The second-order valence-electron chi connectivity index (χ2n) is 9.45. The van der Waals surface area contributed by atoms with Gasteiger partial charge in [-0.25, -0.2) is 9.78 Å². The lowest BCUT2D eigenvalue weighted by Crippen LogP contribution is -2.64. The van der Waals surface area contributed by atoms with Crippen LogP contribution < -0.4 is 21.5 Å². The van der Waals surface area contributed by atoms with Crippen LogP contribution >= 0.6 is 11.8 Å². The van der Waals surface area contributed by atoms with Crippen LogP contribution in [0.25, 0.3) is 10.9 Å². The number of benzene rings is 2. The van der Waals surface area contributed by atoms with Crippen molar-refractivity contribution in [2.45, 2.75) is 42.9 Å². The Bertz CT molecular complexity index is 1420. The van der Waals surface area contributed by atoms with E-state index < -0.39 is 29.4 Å². The molecule has 1 fully saturated rings. The fraction of sp³-hybridized carbons (Fsp3) is 0.393. The largest absolute Gasteiger partial charge is 0.464 e. The zero-order chi connectivity index (χ0) is 28.0. The highest BCUT2D eigenvalue weighted by Gasteiger charge is 2.42. The molecule has 2 amide bonds. The molecule has 0 radical (unpaired) electrons. The Labute approximate surface area is 230 Å². The van der Waals surface area contributed by atoms with Gasteiger partial charge >= 0.3 is 5.97 Å². The number of carbonyl (C=O) groups is 3. The molecule has 206 valence electrons. The summed E-state index contributed by atoms with van der Waals surface area (Å²) in [5.74, 6) is -1.43. The standard InChI is InChI=1S/C28H33N5O5S/c1-4-38-25(36)22(16-18-8-6-5-7-9-18)30-26(37)28(12-14-29-15-13-28)32-23(34)19-10-11-20-21(17-19)31-27(39-3)33(2)24(20)35/h5-11,17,22,29H,4,12-16H2,1-3H3,(H,30,37)(H,32,34). The van der Waals surface area contributed by atoms with Crippen LogP contribution in [0.1, 0.15) is 35.7 Å². The van der Waals surface area contributed by atoms with Crippen molar-refractivity contribution in [2.24, 2.45) is 7.05 Å². The summed E-state index contributed by atoms with van der Waals surface area (Å²) < 4.78 is 6.71. The summed E-state index contributed by atoms with van der Waals surface area (Å²) in [6.07, 6.45) is 2.77. The predicted octanol–water partition coefficient (Wildman–Crippen LogP) is 1.80. The molecule has 10 nitrogen and oxygen atoms in total. The number of fused-ring (bicyclic) bond motifs is 1. The highest BCUT2D eigenvalue weighted by Crippen LogP contribution is 2.22. The van der Waals surface area contributed by atoms with E-state index in [1.807, 2.05) is 36.6 Å². The third kappa shape index (κ3) is 6.31. The fourth-order valence-electron chi connectivity index (χ4n) is 4.71. The third-order valence-electron chi connectivity index (χ3n) is 6.88. The molecule has 0 aliphatic carbocycles. The minimum absolute atomic E-state index is 0.184. The number of hydrogen-bond donors (Lipinski definition) is 3. The summed E-state index contributed by atoms with van der Waals surface area (Å²) in [5, 5.41) is 9.96. The predicted molar refractivity (Wildman–Crippen MR) is 150 cm³/mol. The minimum Gasteiger partial charge on any atom is -0.464 e. The van der Waals surface area contributed by atoms with Gasteiger partial charge in [0, 0.05) is 19.0 Å². The number of rotatable bonds is 9. The Kier molecular flexibility index (Phi) is 9.03. The third-order valence-corrected chi connectivity index (χ3v) is 7.61. The number of carbonyl (C=O) groups excluding carboxylic acids is 3. The van der Waals surface area contributed by atoms with Crippen molar-refractivity contribution in [2.75, 3.05) is 26.0 Å². The SMILES string of the molecule is CCOC(=O)C(Cc1ccccc1)NC(=O)C1(NC(=O)c2ccc3c(=O)n(C)c(SC)nc3c2)CCNCC1. The monoisotopic (exact) mass is 551 g/mol. The van der Waals surface area contributed by atoms with Crippen molar-refractivity contribution in [3.63, 3.8) is 0 Å². The molecule has 1 atom stereocenters. The van der Waals surface area contributed by atoms with Crippen LogP contribution in [-0.2, 0) is 27.8 Å². The van der Waals surface area contributed by atoms with Gasteiger partial charge < -0.3 is 20.7 Å². The Morgan fingerprint density at radius 2 is 1.87 bits per heavy atom. The zero-order valence-electron chi connectivity index (χ0n) is 22.3. The van der Waals surface area contributed by atoms with Gasteiger partial charge in [-0.3, -0.25) is 19.0 Å². The number of piperidine rings is 1. The first-order chi connectivity index (χ1) is 18.8. The normalized spacial score (nSPS) is 15.4. The Morgan fingerprint density at radius 3 is 2.54 bits per heavy atom. The molecule has 4 rings (SSSR count). The van der Waals surface area contributed by atoms with Crippen molar-refractivity contribution in [1.29, 1.82) is 0 Å². The lowest BCUT2D eigenvalue weighted by molar-refractivity contribution is -0.148. The fourth-order valence-corrected chi connectivity index (χ4v) is 5.26. The van der Waals surface area contributed by atoms with Gasteiger partial charge in [0.15, 0.2) is 5.16 Å². The number of aromatic nitrogens is 2. The van der Waals surface area contributed by atoms with Gasteiger partial charge in [-0.1, -0.05) is 42.1 Å². The average molecular weight is 552 g/mol. The minimum atomic E-state index is -1.23. The highest BCUT2D eigenvalue weighted by molar-refractivity contribution is 7.98. The van der Waals surface area contributed by atoms with E-state index >= 15 is 0 Å². The van der Waals surface area contributed by atoms with Gasteiger partial charge in [0.25, 0.3) is 11.5 Å². The molecule has 1 aromatic heterocycles. The second kappa shape index (κ2) is 12.4. The molecular formula is C28H33N5O5S. The number of nitrogens with zero attached hydrogens (tertiary/aromatic N) is 2. The van der Waals surface area contributed by atoms with Crippen molar-refractivity contribution in [3.8, 4) is 0 Å². The van der Waals surface area contributed by atoms with E-state index in [2.05, 4.69) is 20.9 Å². The Balaban J connectivity index is 1.60. The van der Waals surface area contributed by atoms with E-state index in [0.29, 0.717) is 42.0 Å². The summed E-state index contributed by atoms with van der Waals surface area (Å²) in [6.45, 7) is 2.93. The van der Waals surface area contributed by atoms with Crippen LogP contribution in [0.5, 0.6) is 0 Å². The van der Waals surface area contributed by atoms with E-state index in [9.17, 15) is 19.2 Å². The molecule has 1 aliphatic heterocycles. The van der Waals surface area contributed by atoms with E-state index in [-0.39, 0.29) is 24.2 Å². The highest BCUT2D eigenvalue weighted by atomic mass is 32.2. The van der Waals surface area contributed by atoms with Crippen LogP contribution in [0.2, 0.25) is 0 Å². The number of thioether (sulfide) groups is 1. The molecule has 1 unspecified atom stereocenters. The van der Waals surface area contributed by atoms with Gasteiger partial charge in [0.2, 0.25) is 5.91 Å². The molecule has 3 aromatic rings. The molecule has 1 aliphatic rings. The molecule has 39 heavy (non-hydrogen) atoms. The maximum Gasteiger partial charge on any atom is 0.328 e. The first-order valence-corrected chi connectivity index (χ1v) is 14.1. The van der Waals surface area contributed by atoms with Crippen molar-refractivity contribution >= 4 is 40.4 Å². The quantitative estimate of drug-likeness (QED) is 0.208. The van der Waals surface area contributed by atoms with Gasteiger partial charge in [0.05, 0.1) is 17.5 Å². The van der Waals surface area contributed by atoms with Crippen molar-refractivity contribution < 1.29 is 19.1 Å². The van der Waals surface area contributed by atoms with E-state index in [1.165, 1.54) is 16.3 Å². The topological polar surface area (TPSA) is 131 Å². The first kappa shape index (κ1) is 28.3. The van der Waals surface area contributed by atoms with Gasteiger partial charge in [-0.05, 0) is 62.9 Å². The van der Waals surface area contributed by atoms with E-state index in [0.717, 1.165) is 5.56 Å². The summed E-state index contributed by atoms with van der Waals surface area (Å²) in [7, 11) is 1.65. The second-order valence-corrected chi connectivity index (χ2v) is 10.2. The maximum absolute atomic E-state index is 13.8. The average Bonchev–Trinajstić information content (AvgIpc) is 2.95. The molecule has 11 heteroatoms. The van der Waals surface area contributed by atoms with Gasteiger partial charge in [-0.2, -0.15) is 0 Å². The summed E-state index contributed by atoms with van der Waals surface area (Å²) in [5.41, 5.74) is 0.132. The number of esters is 1. The molecule has 0 bridgehead atoms. The summed E-state index contributed by atoms with van der Waals surface area (Å²) in [4.78, 5) is 57.2. The Hall–Kier alpha value is -3.70. The van der Waals surface area contributed by atoms with Crippen LogP contribution in [0, 0.1) is 0 Å². The maximum atomic E-state index is 13.8. The molecule has 3 N–H and O–H groups in total. The van der Waals surface area contributed by atoms with Gasteiger partial charge in [-0.15, -0.1) is 0 Å². The summed E-state index contributed by atoms with van der Waals surface area (Å²) in [6, 6.07) is 13.2. The van der Waals surface area contributed by atoms with Gasteiger partial charge in [0.1, 0.15) is 11.6 Å². The van der Waals surface area contributed by atoms with Crippen molar-refractivity contribution in [1.82, 2.24) is 25.5 Å². The zero-order valence-corrected chi connectivity index (χ0v) is 23.1. The smallest absolute Gasteiger partial charge is 0.328 e. The molecule has 0 spiro atoms. The molecule has 2 heterocycles.